The van der Waals surface area contributed by atoms with Gasteiger partial charge in [-0.1, -0.05) is 0 Å². The SMILES string of the molecule is O=c1[nH]c(C2CC2)ncc1I. The summed E-state index contributed by atoms with van der Waals surface area (Å²) < 4.78 is 0.659. The lowest BCUT2D eigenvalue weighted by atomic mass is 10.4. The standard InChI is InChI=1S/C7H7IN2O/c8-5-3-9-6(4-1-2-4)10-7(5)11/h3-4H,1-2H2,(H,9,10,11). The van der Waals surface area contributed by atoms with E-state index in [-0.39, 0.29) is 5.56 Å². The molecule has 2 rings (SSSR count). The van der Waals surface area contributed by atoms with E-state index < -0.39 is 0 Å². The van der Waals surface area contributed by atoms with Crippen LogP contribution in [0.25, 0.3) is 0 Å². The molecule has 0 radical (unpaired) electrons. The van der Waals surface area contributed by atoms with Gasteiger partial charge in [0.1, 0.15) is 5.82 Å². The first-order valence-electron chi connectivity index (χ1n) is 3.52. The lowest BCUT2D eigenvalue weighted by Gasteiger charge is -1.94. The molecule has 1 aliphatic carbocycles. The van der Waals surface area contributed by atoms with Crippen molar-refractivity contribution in [1.29, 1.82) is 0 Å². The van der Waals surface area contributed by atoms with E-state index in [2.05, 4.69) is 9.97 Å². The fourth-order valence-corrected chi connectivity index (χ4v) is 1.23. The molecule has 0 amide bonds. The van der Waals surface area contributed by atoms with E-state index in [4.69, 9.17) is 0 Å². The quantitative estimate of drug-likeness (QED) is 0.774. The summed E-state index contributed by atoms with van der Waals surface area (Å²) in [5.41, 5.74) is -0.0116. The number of H-pyrrole nitrogens is 1. The fraction of sp³-hybridized carbons (Fsp3) is 0.429. The van der Waals surface area contributed by atoms with Gasteiger partial charge in [0.25, 0.3) is 5.56 Å². The Labute approximate surface area is 77.4 Å². The van der Waals surface area contributed by atoms with Crippen LogP contribution < -0.4 is 5.56 Å². The maximum absolute atomic E-state index is 11.1. The third kappa shape index (κ3) is 1.45. The number of aromatic amines is 1. The largest absolute Gasteiger partial charge is 0.309 e. The second kappa shape index (κ2) is 2.58. The molecule has 1 fully saturated rings. The van der Waals surface area contributed by atoms with Crippen molar-refractivity contribution in [1.82, 2.24) is 9.97 Å². The van der Waals surface area contributed by atoms with Crippen LogP contribution in [0.1, 0.15) is 24.6 Å². The van der Waals surface area contributed by atoms with Crippen LogP contribution >= 0.6 is 22.6 Å². The van der Waals surface area contributed by atoms with Crippen LogP contribution in [0.5, 0.6) is 0 Å². The monoisotopic (exact) mass is 262 g/mol. The van der Waals surface area contributed by atoms with Gasteiger partial charge in [-0.25, -0.2) is 4.98 Å². The van der Waals surface area contributed by atoms with Gasteiger partial charge in [-0.05, 0) is 35.4 Å². The molecule has 1 aromatic rings. The molecule has 1 aliphatic rings. The van der Waals surface area contributed by atoms with Crippen LogP contribution in [0.15, 0.2) is 11.0 Å². The number of halogens is 1. The summed E-state index contributed by atoms with van der Waals surface area (Å²) in [5.74, 6) is 1.38. The van der Waals surface area contributed by atoms with Crippen molar-refractivity contribution in [2.75, 3.05) is 0 Å². The molecule has 58 valence electrons. The molecule has 0 saturated heterocycles. The first-order valence-corrected chi connectivity index (χ1v) is 4.60. The maximum atomic E-state index is 11.1. The Morgan fingerprint density at radius 1 is 1.64 bits per heavy atom. The molecule has 0 unspecified atom stereocenters. The number of nitrogens with zero attached hydrogens (tertiary/aromatic N) is 1. The van der Waals surface area contributed by atoms with Crippen LogP contribution in [0.4, 0.5) is 0 Å². The van der Waals surface area contributed by atoms with Gasteiger partial charge >= 0.3 is 0 Å². The van der Waals surface area contributed by atoms with Gasteiger partial charge in [0.05, 0.1) is 3.57 Å². The molecule has 11 heavy (non-hydrogen) atoms. The molecular weight excluding hydrogens is 255 g/mol. The van der Waals surface area contributed by atoms with Crippen molar-refractivity contribution in [3.8, 4) is 0 Å². The fourth-order valence-electron chi connectivity index (χ4n) is 0.957. The molecule has 1 aromatic heterocycles. The molecular formula is C7H7IN2O. The Morgan fingerprint density at radius 3 is 2.91 bits per heavy atom. The zero-order valence-corrected chi connectivity index (χ0v) is 7.96. The molecule has 3 nitrogen and oxygen atoms in total. The average Bonchev–Trinajstić information content (AvgIpc) is 2.77. The van der Waals surface area contributed by atoms with Crippen molar-refractivity contribution in [3.05, 3.63) is 25.9 Å². The molecule has 0 bridgehead atoms. The summed E-state index contributed by atoms with van der Waals surface area (Å²) >= 11 is 1.98. The lowest BCUT2D eigenvalue weighted by Crippen LogP contribution is -2.12. The van der Waals surface area contributed by atoms with E-state index in [0.29, 0.717) is 9.49 Å². The van der Waals surface area contributed by atoms with Crippen LogP contribution in [-0.2, 0) is 0 Å². The smallest absolute Gasteiger partial charge is 0.264 e. The highest BCUT2D eigenvalue weighted by Crippen LogP contribution is 2.37. The Hall–Kier alpha value is -0.390. The maximum Gasteiger partial charge on any atom is 0.264 e. The molecule has 0 spiro atoms. The first-order chi connectivity index (χ1) is 5.27. The molecule has 0 atom stereocenters. The predicted molar refractivity (Wildman–Crippen MR) is 49.5 cm³/mol. The van der Waals surface area contributed by atoms with E-state index in [1.807, 2.05) is 22.6 Å². The molecule has 1 saturated carbocycles. The van der Waals surface area contributed by atoms with Gasteiger partial charge in [-0.2, -0.15) is 0 Å². The average molecular weight is 262 g/mol. The molecule has 1 heterocycles. The summed E-state index contributed by atoms with van der Waals surface area (Å²) in [5, 5.41) is 0. The minimum Gasteiger partial charge on any atom is -0.309 e. The first kappa shape index (κ1) is 7.27. The lowest BCUT2D eigenvalue weighted by molar-refractivity contribution is 0.901. The highest BCUT2D eigenvalue weighted by atomic mass is 127. The second-order valence-electron chi connectivity index (χ2n) is 2.72. The minimum atomic E-state index is -0.0116. The van der Waals surface area contributed by atoms with Crippen molar-refractivity contribution < 1.29 is 0 Å². The summed E-state index contributed by atoms with van der Waals surface area (Å²) in [6.07, 6.45) is 3.97. The Balaban J connectivity index is 2.44. The normalized spacial score (nSPS) is 16.8. The van der Waals surface area contributed by atoms with E-state index in [1.165, 1.54) is 12.8 Å². The molecule has 1 N–H and O–H groups in total. The number of aromatic nitrogens is 2. The zero-order chi connectivity index (χ0) is 7.84. The summed E-state index contributed by atoms with van der Waals surface area (Å²) in [6.45, 7) is 0. The molecule has 4 heteroatoms. The van der Waals surface area contributed by atoms with E-state index >= 15 is 0 Å². The summed E-state index contributed by atoms with van der Waals surface area (Å²) in [6, 6.07) is 0. The van der Waals surface area contributed by atoms with Gasteiger partial charge in [0, 0.05) is 12.1 Å². The van der Waals surface area contributed by atoms with E-state index in [1.54, 1.807) is 6.20 Å². The van der Waals surface area contributed by atoms with Gasteiger partial charge in [-0.15, -0.1) is 0 Å². The Morgan fingerprint density at radius 2 is 2.36 bits per heavy atom. The highest BCUT2D eigenvalue weighted by Gasteiger charge is 2.25. The number of hydrogen-bond donors (Lipinski definition) is 1. The van der Waals surface area contributed by atoms with Crippen LogP contribution in [0, 0.1) is 3.57 Å². The number of rotatable bonds is 1. The summed E-state index contributed by atoms with van der Waals surface area (Å²) in [7, 11) is 0. The van der Waals surface area contributed by atoms with Gasteiger partial charge in [0.15, 0.2) is 0 Å². The van der Waals surface area contributed by atoms with Crippen molar-refractivity contribution in [3.63, 3.8) is 0 Å². The zero-order valence-electron chi connectivity index (χ0n) is 5.80. The third-order valence-corrected chi connectivity index (χ3v) is 2.51. The third-order valence-electron chi connectivity index (χ3n) is 1.74. The van der Waals surface area contributed by atoms with E-state index in [9.17, 15) is 4.79 Å². The Bertz CT molecular complexity index is 329. The van der Waals surface area contributed by atoms with Crippen molar-refractivity contribution >= 4 is 22.6 Å². The minimum absolute atomic E-state index is 0.0116. The number of nitrogens with one attached hydrogen (secondary N) is 1. The van der Waals surface area contributed by atoms with Crippen molar-refractivity contribution in [2.24, 2.45) is 0 Å². The summed E-state index contributed by atoms with van der Waals surface area (Å²) in [4.78, 5) is 18.0. The van der Waals surface area contributed by atoms with Gasteiger partial charge in [0.2, 0.25) is 0 Å². The van der Waals surface area contributed by atoms with Gasteiger partial charge in [-0.3, -0.25) is 4.79 Å². The second-order valence-corrected chi connectivity index (χ2v) is 3.88. The predicted octanol–water partition coefficient (Wildman–Crippen LogP) is 1.25. The van der Waals surface area contributed by atoms with Gasteiger partial charge < -0.3 is 4.98 Å². The molecule has 0 aromatic carbocycles. The van der Waals surface area contributed by atoms with E-state index in [0.717, 1.165) is 5.82 Å². The van der Waals surface area contributed by atoms with Crippen molar-refractivity contribution in [2.45, 2.75) is 18.8 Å². The topological polar surface area (TPSA) is 45.8 Å². The highest BCUT2D eigenvalue weighted by molar-refractivity contribution is 14.1. The van der Waals surface area contributed by atoms with Crippen LogP contribution in [-0.4, -0.2) is 9.97 Å². The molecule has 0 aliphatic heterocycles. The van der Waals surface area contributed by atoms with Crippen LogP contribution in [0.2, 0.25) is 0 Å². The Kier molecular flexibility index (Phi) is 1.71. The number of hydrogen-bond acceptors (Lipinski definition) is 2. The van der Waals surface area contributed by atoms with Crippen LogP contribution in [0.3, 0.4) is 0 Å².